The third-order valence-corrected chi connectivity index (χ3v) is 15.6. The van der Waals surface area contributed by atoms with Crippen LogP contribution in [0.3, 0.4) is 0 Å². The molecular weight excluding hydrogens is 773 g/mol. The van der Waals surface area contributed by atoms with Crippen molar-refractivity contribution in [2.75, 3.05) is 0 Å². The summed E-state index contributed by atoms with van der Waals surface area (Å²) in [5, 5.41) is 13.1. The molecule has 0 radical (unpaired) electrons. The summed E-state index contributed by atoms with van der Waals surface area (Å²) in [7, 11) is 0. The van der Waals surface area contributed by atoms with Crippen LogP contribution in [0.1, 0.15) is 18.1 Å². The maximum Gasteiger partial charge on any atom is 0.0434 e. The second-order valence-corrected chi connectivity index (χ2v) is 18.8. The van der Waals surface area contributed by atoms with Crippen LogP contribution in [0.25, 0.3) is 123 Å². The Hall–Kier alpha value is -6.84. The normalized spacial score (nSPS) is 14.0. The highest BCUT2D eigenvalue weighted by Gasteiger charge is 2.27. The Morgan fingerprint density at radius 3 is 1.66 bits per heavy atom. The van der Waals surface area contributed by atoms with E-state index < -0.39 is 0 Å². The lowest BCUT2D eigenvalue weighted by Gasteiger charge is -2.26. The van der Waals surface area contributed by atoms with Crippen molar-refractivity contribution in [3.63, 3.8) is 0 Å². The first kappa shape index (κ1) is 35.0. The van der Waals surface area contributed by atoms with Crippen LogP contribution in [0.4, 0.5) is 0 Å². The molecule has 61 heavy (non-hydrogen) atoms. The lowest BCUT2D eigenvalue weighted by atomic mass is 9.77. The standard InChI is InChI=1S/C59H38S2/c1-35-29-31-45-49(33-35)57(44-23-10-9-22-43(44)56(45)48-26-13-24-46-38-17-11-12-27-51(38)61-59(46)48)47-25-14-28-53-58(47)50-34-37(30-32-52(50)60-53)55-41-20-7-5-18-39(41)54(36-15-3-2-4-16-36)40-19-6-8-21-42(40)55/h2-32,34-35H,33H2,1H3. The zero-order valence-electron chi connectivity index (χ0n) is 33.6. The highest BCUT2D eigenvalue weighted by Crippen LogP contribution is 2.52. The molecule has 0 aliphatic heterocycles. The minimum absolute atomic E-state index is 0.436. The first-order valence-corrected chi connectivity index (χ1v) is 22.9. The average molecular weight is 811 g/mol. The van der Waals surface area contributed by atoms with Gasteiger partial charge in [-0.15, -0.1) is 22.7 Å². The largest absolute Gasteiger partial charge is 0.135 e. The number of benzene rings is 10. The molecular formula is C59H38S2. The zero-order valence-corrected chi connectivity index (χ0v) is 35.2. The minimum atomic E-state index is 0.436. The maximum atomic E-state index is 2.50. The zero-order chi connectivity index (χ0) is 40.2. The van der Waals surface area contributed by atoms with Crippen LogP contribution in [0.2, 0.25) is 0 Å². The number of hydrogen-bond acceptors (Lipinski definition) is 2. The van der Waals surface area contributed by atoms with Crippen LogP contribution in [0, 0.1) is 5.92 Å². The van der Waals surface area contributed by atoms with Gasteiger partial charge in [-0.05, 0) is 119 Å². The molecule has 1 aliphatic carbocycles. The molecule has 12 aromatic rings. The van der Waals surface area contributed by atoms with Gasteiger partial charge in [0.25, 0.3) is 0 Å². The molecule has 0 saturated carbocycles. The molecule has 1 aliphatic rings. The van der Waals surface area contributed by atoms with E-state index in [2.05, 4.69) is 201 Å². The van der Waals surface area contributed by atoms with E-state index in [1.165, 1.54) is 128 Å². The van der Waals surface area contributed by atoms with Crippen molar-refractivity contribution in [3.05, 3.63) is 199 Å². The van der Waals surface area contributed by atoms with Crippen LogP contribution in [-0.4, -0.2) is 0 Å². The second kappa shape index (κ2) is 13.6. The Kier molecular flexibility index (Phi) is 7.79. The van der Waals surface area contributed by atoms with Crippen LogP contribution >= 0.6 is 22.7 Å². The lowest BCUT2D eigenvalue weighted by Crippen LogP contribution is -2.08. The average Bonchev–Trinajstić information content (AvgIpc) is 3.89. The summed E-state index contributed by atoms with van der Waals surface area (Å²) < 4.78 is 5.36. The molecule has 2 aromatic heterocycles. The Labute approximate surface area is 362 Å². The Morgan fingerprint density at radius 1 is 0.393 bits per heavy atom. The first-order chi connectivity index (χ1) is 30.2. The van der Waals surface area contributed by atoms with E-state index >= 15 is 0 Å². The molecule has 0 spiro atoms. The van der Waals surface area contributed by atoms with Gasteiger partial charge in [-0.25, -0.2) is 0 Å². The highest BCUT2D eigenvalue weighted by molar-refractivity contribution is 7.26. The van der Waals surface area contributed by atoms with E-state index in [0.29, 0.717) is 5.92 Å². The van der Waals surface area contributed by atoms with Gasteiger partial charge in [-0.1, -0.05) is 177 Å². The van der Waals surface area contributed by atoms with Crippen molar-refractivity contribution >= 4 is 101 Å². The van der Waals surface area contributed by atoms with E-state index in [9.17, 15) is 0 Å². The van der Waals surface area contributed by atoms with Gasteiger partial charge >= 0.3 is 0 Å². The van der Waals surface area contributed by atoms with E-state index in [4.69, 9.17) is 0 Å². The molecule has 1 atom stereocenters. The second-order valence-electron chi connectivity index (χ2n) is 16.7. The molecule has 10 aromatic carbocycles. The van der Waals surface area contributed by atoms with E-state index in [-0.39, 0.29) is 0 Å². The van der Waals surface area contributed by atoms with Crippen LogP contribution < -0.4 is 0 Å². The lowest BCUT2D eigenvalue weighted by molar-refractivity contribution is 0.719. The summed E-state index contributed by atoms with van der Waals surface area (Å²) in [6, 6.07) is 68.2. The topological polar surface area (TPSA) is 0 Å². The summed E-state index contributed by atoms with van der Waals surface area (Å²) >= 11 is 3.84. The molecule has 13 rings (SSSR count). The van der Waals surface area contributed by atoms with Crippen molar-refractivity contribution in [2.24, 2.45) is 5.92 Å². The Morgan fingerprint density at radius 2 is 0.934 bits per heavy atom. The molecule has 0 saturated heterocycles. The number of rotatable bonds is 4. The van der Waals surface area contributed by atoms with Gasteiger partial charge in [-0.2, -0.15) is 0 Å². The monoisotopic (exact) mass is 810 g/mol. The van der Waals surface area contributed by atoms with Crippen molar-refractivity contribution in [2.45, 2.75) is 13.3 Å². The Balaban J connectivity index is 1.10. The summed E-state index contributed by atoms with van der Waals surface area (Å²) in [6.07, 6.45) is 5.87. The summed E-state index contributed by atoms with van der Waals surface area (Å²) in [5.41, 5.74) is 13.3. The molecule has 0 N–H and O–H groups in total. The van der Waals surface area contributed by atoms with Gasteiger partial charge in [0.2, 0.25) is 0 Å². The molecule has 0 fully saturated rings. The third kappa shape index (κ3) is 5.23. The molecule has 2 heterocycles. The van der Waals surface area contributed by atoms with Gasteiger partial charge in [0.05, 0.1) is 0 Å². The molecule has 2 heteroatoms. The smallest absolute Gasteiger partial charge is 0.0434 e. The van der Waals surface area contributed by atoms with Crippen molar-refractivity contribution < 1.29 is 0 Å². The third-order valence-electron chi connectivity index (χ3n) is 13.2. The predicted octanol–water partition coefficient (Wildman–Crippen LogP) is 17.8. The van der Waals surface area contributed by atoms with E-state index in [0.717, 1.165) is 6.42 Å². The minimum Gasteiger partial charge on any atom is -0.135 e. The molecule has 0 bridgehead atoms. The summed E-state index contributed by atoms with van der Waals surface area (Å²) in [4.78, 5) is 0. The fourth-order valence-corrected chi connectivity index (χ4v) is 13.0. The fourth-order valence-electron chi connectivity index (χ4n) is 10.6. The SMILES string of the molecule is CC1C=Cc2c(c(-c3cccc4sc5ccc(-c6c7ccccc7c(-c7ccccc7)c7ccccc67)cc5c34)c3ccccc3c2-c2cccc3c2sc2ccccc23)C1. The van der Waals surface area contributed by atoms with Gasteiger partial charge < -0.3 is 0 Å². The molecule has 0 amide bonds. The highest BCUT2D eigenvalue weighted by atomic mass is 32.1. The van der Waals surface area contributed by atoms with E-state index in [1.807, 2.05) is 22.7 Å². The summed E-state index contributed by atoms with van der Waals surface area (Å²) in [6.45, 7) is 2.37. The van der Waals surface area contributed by atoms with Crippen molar-refractivity contribution in [1.82, 2.24) is 0 Å². The predicted molar refractivity (Wildman–Crippen MR) is 268 cm³/mol. The summed E-state index contributed by atoms with van der Waals surface area (Å²) in [5.74, 6) is 0.436. The van der Waals surface area contributed by atoms with Gasteiger partial charge in [0, 0.05) is 45.9 Å². The quantitative estimate of drug-likeness (QED) is 0.155. The number of thiophene rings is 2. The molecule has 0 nitrogen and oxygen atoms in total. The van der Waals surface area contributed by atoms with Gasteiger partial charge in [0.15, 0.2) is 0 Å². The number of hydrogen-bond donors (Lipinski definition) is 0. The maximum absolute atomic E-state index is 2.50. The first-order valence-electron chi connectivity index (χ1n) is 21.3. The Bertz CT molecular complexity index is 3750. The molecule has 1 unspecified atom stereocenters. The van der Waals surface area contributed by atoms with Crippen molar-refractivity contribution in [3.8, 4) is 44.5 Å². The van der Waals surface area contributed by atoms with Gasteiger partial charge in [-0.3, -0.25) is 0 Å². The van der Waals surface area contributed by atoms with Crippen LogP contribution in [-0.2, 0) is 6.42 Å². The molecule has 286 valence electrons. The van der Waals surface area contributed by atoms with E-state index in [1.54, 1.807) is 0 Å². The number of fused-ring (bicyclic) bond motifs is 10. The number of allylic oxidation sites excluding steroid dienone is 1. The van der Waals surface area contributed by atoms with Gasteiger partial charge in [0.1, 0.15) is 0 Å². The van der Waals surface area contributed by atoms with Crippen LogP contribution in [0.15, 0.2) is 188 Å². The van der Waals surface area contributed by atoms with Crippen molar-refractivity contribution in [1.29, 1.82) is 0 Å². The fraction of sp³-hybridized carbons (Fsp3) is 0.0508. The van der Waals surface area contributed by atoms with Crippen LogP contribution in [0.5, 0.6) is 0 Å².